The summed E-state index contributed by atoms with van der Waals surface area (Å²) in [6.07, 6.45) is -2.99. The predicted molar refractivity (Wildman–Crippen MR) is 163 cm³/mol. The maximum Gasteiger partial charge on any atom is 0.509 e. The molecule has 0 saturated carbocycles. The molecular formula is C26H36N7O12PS. The van der Waals surface area contributed by atoms with Crippen molar-refractivity contribution in [1.82, 2.24) is 29.7 Å². The second kappa shape index (κ2) is 14.8. The highest BCUT2D eigenvalue weighted by Gasteiger charge is 2.52. The van der Waals surface area contributed by atoms with Gasteiger partial charge in [-0.15, -0.1) is 0 Å². The van der Waals surface area contributed by atoms with E-state index in [9.17, 15) is 24.4 Å². The molecule has 2 aromatic heterocycles. The number of nitrogen functional groups attached to an aromatic ring is 1. The summed E-state index contributed by atoms with van der Waals surface area (Å²) >= 11 is 0.509. The van der Waals surface area contributed by atoms with Crippen LogP contribution in [0.2, 0.25) is 0 Å². The van der Waals surface area contributed by atoms with Crippen LogP contribution in [-0.4, -0.2) is 116 Å². The zero-order valence-electron chi connectivity index (χ0n) is 25.6. The van der Waals surface area contributed by atoms with Crippen molar-refractivity contribution in [2.45, 2.75) is 69.3 Å². The van der Waals surface area contributed by atoms with Crippen LogP contribution in [0.5, 0.6) is 0 Å². The number of rotatable bonds is 13. The van der Waals surface area contributed by atoms with Crippen molar-refractivity contribution in [3.8, 4) is 0 Å². The first-order valence-corrected chi connectivity index (χ1v) is 17.5. The van der Waals surface area contributed by atoms with Gasteiger partial charge in [-0.2, -0.15) is 0 Å². The number of aliphatic hydroxyl groups is 2. The lowest BCUT2D eigenvalue weighted by Crippen LogP contribution is -2.50. The number of amides is 2. The Labute approximate surface area is 272 Å². The average molecular weight is 702 g/mol. The highest BCUT2D eigenvalue weighted by atomic mass is 32.7. The Balaban J connectivity index is 1.32. The molecule has 8 atom stereocenters. The number of nitrogens with one attached hydrogen (secondary N) is 1. The van der Waals surface area contributed by atoms with E-state index < -0.39 is 87.2 Å². The fourth-order valence-electron chi connectivity index (χ4n) is 5.03. The largest absolute Gasteiger partial charge is 0.509 e. The normalized spacial score (nSPS) is 29.0. The van der Waals surface area contributed by atoms with Crippen molar-refractivity contribution < 1.29 is 57.1 Å². The number of imidazole rings is 1. The van der Waals surface area contributed by atoms with Gasteiger partial charge in [-0.25, -0.2) is 29.1 Å². The van der Waals surface area contributed by atoms with Crippen LogP contribution in [0.1, 0.15) is 26.5 Å². The van der Waals surface area contributed by atoms with Gasteiger partial charge in [0.1, 0.15) is 42.5 Å². The maximum atomic E-state index is 14.3. The summed E-state index contributed by atoms with van der Waals surface area (Å²) in [5, 5.41) is 23.5. The van der Waals surface area contributed by atoms with Gasteiger partial charge >= 0.3 is 19.0 Å². The number of carbonyl (C=O) groups is 2. The Bertz CT molecular complexity index is 1540. The third kappa shape index (κ3) is 7.87. The molecule has 5 N–H and O–H groups in total. The molecule has 2 unspecified atom stereocenters. The molecule has 0 radical (unpaired) electrons. The van der Waals surface area contributed by atoms with Crippen LogP contribution >= 0.6 is 18.2 Å². The summed E-state index contributed by atoms with van der Waals surface area (Å²) in [6, 6.07) is -0.575. The molecule has 258 valence electrons. The first-order valence-electron chi connectivity index (χ1n) is 14.4. The van der Waals surface area contributed by atoms with E-state index in [1.165, 1.54) is 36.9 Å². The molecule has 2 fully saturated rings. The molecule has 47 heavy (non-hydrogen) atoms. The van der Waals surface area contributed by atoms with Crippen LogP contribution in [0.15, 0.2) is 37.2 Å². The first-order chi connectivity index (χ1) is 22.4. The zero-order valence-corrected chi connectivity index (χ0v) is 27.3. The van der Waals surface area contributed by atoms with Crippen LogP contribution in [0.3, 0.4) is 0 Å². The SMILES string of the molecule is C=C1C=CN([C@@H]2O[C@H](CO)C(OP(=O)(OC[C@H]3O[C@@H](n4cnc5c(N)ncnc54)C[C@H]3O)SCOC(=O)OC(C)C)[C@@H]2OC)C(=O)N1. The lowest BCUT2D eigenvalue weighted by Gasteiger charge is -2.32. The molecule has 5 heterocycles. The van der Waals surface area contributed by atoms with E-state index in [0.717, 1.165) is 0 Å². The van der Waals surface area contributed by atoms with E-state index >= 15 is 0 Å². The van der Waals surface area contributed by atoms with Gasteiger partial charge in [-0.1, -0.05) is 6.58 Å². The van der Waals surface area contributed by atoms with E-state index in [1.807, 2.05) is 0 Å². The Morgan fingerprint density at radius 1 is 1.28 bits per heavy atom. The minimum absolute atomic E-state index is 0.111. The molecule has 2 saturated heterocycles. The van der Waals surface area contributed by atoms with Gasteiger partial charge in [0.15, 0.2) is 23.6 Å². The quantitative estimate of drug-likeness (QED) is 0.132. The monoisotopic (exact) mass is 701 g/mol. The van der Waals surface area contributed by atoms with Crippen molar-refractivity contribution in [2.75, 3.05) is 32.0 Å². The molecule has 21 heteroatoms. The number of allylic oxidation sites excluding steroid dienone is 1. The molecule has 0 spiro atoms. The summed E-state index contributed by atoms with van der Waals surface area (Å²) in [5.74, 6) is -0.336. The second-order valence-electron chi connectivity index (χ2n) is 10.8. The summed E-state index contributed by atoms with van der Waals surface area (Å²) in [5.41, 5.74) is 6.99. The highest BCUT2D eigenvalue weighted by Crippen LogP contribution is 2.63. The molecule has 0 bridgehead atoms. The molecule has 0 aromatic carbocycles. The van der Waals surface area contributed by atoms with E-state index in [-0.39, 0.29) is 12.2 Å². The van der Waals surface area contributed by atoms with Crippen molar-refractivity contribution in [1.29, 1.82) is 0 Å². The van der Waals surface area contributed by atoms with Crippen LogP contribution in [-0.2, 0) is 37.3 Å². The minimum atomic E-state index is -4.34. The number of nitrogens with zero attached hydrogens (tertiary/aromatic N) is 5. The molecular weight excluding hydrogens is 665 g/mol. The number of carbonyl (C=O) groups excluding carboxylic acids is 2. The van der Waals surface area contributed by atoms with E-state index in [2.05, 4.69) is 26.8 Å². The smallest absolute Gasteiger partial charge is 0.432 e. The van der Waals surface area contributed by atoms with Crippen molar-refractivity contribution >= 4 is 47.3 Å². The van der Waals surface area contributed by atoms with Crippen LogP contribution in [0.4, 0.5) is 15.4 Å². The molecule has 3 aliphatic rings. The fourth-order valence-corrected chi connectivity index (χ4v) is 7.82. The molecule has 5 rings (SSSR count). The standard InChI is InChI=1S/C26H36N7O12PS/c1-13(2)42-26(37)40-12-47-46(38,45-20-16(8-34)44-24(21(20)39-4)32-6-5-14(3)31-25(32)36)41-9-17-15(35)7-18(43-17)33-11-30-19-22(27)28-10-29-23(19)33/h5-6,10-11,13,15-18,20-21,24,34-35H,3,7-9,12H2,1-2,4H3,(H,31,36)(H2,27,28,29)/t15-,16-,17-,18-,20?,21+,24-,46?/m1/s1. The molecule has 3 aliphatic heterocycles. The molecule has 0 aliphatic carbocycles. The number of ether oxygens (including phenoxy) is 5. The Morgan fingerprint density at radius 2 is 2.06 bits per heavy atom. The summed E-state index contributed by atoms with van der Waals surface area (Å²) in [6.45, 7) is 1.57. The van der Waals surface area contributed by atoms with Gasteiger partial charge in [0.25, 0.3) is 0 Å². The Kier molecular flexibility index (Phi) is 11.0. The molecule has 19 nitrogen and oxygen atoms in total. The lowest BCUT2D eigenvalue weighted by atomic mass is 10.1. The summed E-state index contributed by atoms with van der Waals surface area (Å²) in [4.78, 5) is 38.2. The highest BCUT2D eigenvalue weighted by molar-refractivity contribution is 8.55. The van der Waals surface area contributed by atoms with E-state index in [4.69, 9.17) is 38.5 Å². The number of hydrogen-bond acceptors (Lipinski definition) is 17. The lowest BCUT2D eigenvalue weighted by molar-refractivity contribution is -0.0727. The van der Waals surface area contributed by atoms with Gasteiger partial charge in [0.2, 0.25) is 0 Å². The van der Waals surface area contributed by atoms with E-state index in [1.54, 1.807) is 18.4 Å². The van der Waals surface area contributed by atoms with Gasteiger partial charge in [-0.05, 0) is 19.9 Å². The van der Waals surface area contributed by atoms with Crippen molar-refractivity contribution in [2.24, 2.45) is 0 Å². The second-order valence-corrected chi connectivity index (χ2v) is 14.7. The van der Waals surface area contributed by atoms with E-state index in [0.29, 0.717) is 28.2 Å². The number of urea groups is 1. The van der Waals surface area contributed by atoms with Gasteiger partial charge in [0.05, 0.1) is 31.7 Å². The Morgan fingerprint density at radius 3 is 2.77 bits per heavy atom. The number of methoxy groups -OCH3 is 1. The minimum Gasteiger partial charge on any atom is -0.432 e. The number of anilines is 1. The maximum absolute atomic E-state index is 14.3. The van der Waals surface area contributed by atoms with Gasteiger partial charge < -0.3 is 44.9 Å². The fraction of sp³-hybridized carbons (Fsp3) is 0.577. The third-order valence-corrected chi connectivity index (χ3v) is 10.6. The molecule has 2 amide bonds. The number of fused-ring (bicyclic) bond motifs is 1. The number of hydrogen-bond donors (Lipinski definition) is 4. The zero-order chi connectivity index (χ0) is 33.9. The topological polar surface area (TPSA) is 241 Å². The predicted octanol–water partition coefficient (Wildman–Crippen LogP) is 1.60. The number of nitrogens with two attached hydrogens (primary N) is 1. The van der Waals surface area contributed by atoms with Crippen molar-refractivity contribution in [3.63, 3.8) is 0 Å². The third-order valence-electron chi connectivity index (χ3n) is 7.22. The number of aromatic nitrogens is 4. The van der Waals surface area contributed by atoms with Gasteiger partial charge in [-0.3, -0.25) is 18.5 Å². The first kappa shape index (κ1) is 35.0. The summed E-state index contributed by atoms with van der Waals surface area (Å²) in [7, 11) is 1.33. The molecule has 2 aromatic rings. The van der Waals surface area contributed by atoms with Crippen LogP contribution in [0, 0.1) is 0 Å². The van der Waals surface area contributed by atoms with Crippen molar-refractivity contribution in [3.05, 3.63) is 37.2 Å². The summed E-state index contributed by atoms with van der Waals surface area (Å²) < 4.78 is 55.1. The van der Waals surface area contributed by atoms with Crippen LogP contribution in [0.25, 0.3) is 11.2 Å². The van der Waals surface area contributed by atoms with Crippen LogP contribution < -0.4 is 11.1 Å². The Hall–Kier alpha value is -3.33. The average Bonchev–Trinajstić information content (AvgIpc) is 3.71. The number of aliphatic hydroxyl groups excluding tert-OH is 2. The van der Waals surface area contributed by atoms with Gasteiger partial charge in [0, 0.05) is 36.8 Å².